The molecule has 1 heterocycles. The highest BCUT2D eigenvalue weighted by molar-refractivity contribution is 5.96. The lowest BCUT2D eigenvalue weighted by Crippen LogP contribution is -2.51. The van der Waals surface area contributed by atoms with E-state index in [0.717, 1.165) is 12.0 Å². The van der Waals surface area contributed by atoms with Crippen molar-refractivity contribution in [1.29, 1.82) is 0 Å². The maximum atomic E-state index is 12.3. The molecule has 140 valence electrons. The summed E-state index contributed by atoms with van der Waals surface area (Å²) in [5, 5.41) is 0. The van der Waals surface area contributed by atoms with E-state index in [1.54, 1.807) is 0 Å². The van der Waals surface area contributed by atoms with Crippen LogP contribution in [0, 0.1) is 5.92 Å². The smallest absolute Gasteiger partial charge is 0.354 e. The van der Waals surface area contributed by atoms with Crippen molar-refractivity contribution in [2.45, 2.75) is 12.5 Å². The Morgan fingerprint density at radius 2 is 1.63 bits per heavy atom. The first-order valence-corrected chi connectivity index (χ1v) is 8.87. The van der Waals surface area contributed by atoms with Crippen LogP contribution in [0.1, 0.15) is 17.2 Å². The van der Waals surface area contributed by atoms with Crippen LogP contribution < -0.4 is 0 Å². The van der Waals surface area contributed by atoms with Gasteiger partial charge in [-0.15, -0.1) is 0 Å². The van der Waals surface area contributed by atoms with E-state index < -0.39 is 11.9 Å². The summed E-state index contributed by atoms with van der Waals surface area (Å²) in [5.74, 6) is -0.797. The molecule has 5 nitrogen and oxygen atoms in total. The van der Waals surface area contributed by atoms with Crippen molar-refractivity contribution in [1.82, 2.24) is 4.90 Å². The number of hydrogen-bond donors (Lipinski definition) is 0. The molecule has 2 aromatic rings. The fourth-order valence-corrected chi connectivity index (χ4v) is 3.56. The fraction of sp³-hybridized carbons (Fsp3) is 0.273. The Balaban J connectivity index is 1.91. The number of nitrogens with zero attached hydrogens (tertiary/aromatic N) is 1. The number of methoxy groups -OCH3 is 2. The Bertz CT molecular complexity index is 817. The van der Waals surface area contributed by atoms with Crippen molar-refractivity contribution in [2.75, 3.05) is 20.8 Å². The summed E-state index contributed by atoms with van der Waals surface area (Å²) < 4.78 is 9.60. The fourth-order valence-electron chi connectivity index (χ4n) is 3.56. The maximum Gasteiger partial charge on any atom is 0.354 e. The summed E-state index contributed by atoms with van der Waals surface area (Å²) in [4.78, 5) is 26.0. The van der Waals surface area contributed by atoms with Crippen LogP contribution in [0.25, 0.3) is 0 Å². The second kappa shape index (κ2) is 8.54. The third kappa shape index (κ3) is 4.19. The van der Waals surface area contributed by atoms with Gasteiger partial charge < -0.3 is 14.4 Å². The molecule has 2 atom stereocenters. The van der Waals surface area contributed by atoms with Gasteiger partial charge in [0.2, 0.25) is 0 Å². The third-order valence-electron chi connectivity index (χ3n) is 4.86. The number of likely N-dealkylation sites (tertiary alicyclic amines) is 1. The Hall–Kier alpha value is -3.08. The number of hydrogen-bond acceptors (Lipinski definition) is 5. The average Bonchev–Trinajstić information content (AvgIpc) is 2.70. The first-order valence-electron chi connectivity index (χ1n) is 8.87. The molecule has 2 aromatic carbocycles. The third-order valence-corrected chi connectivity index (χ3v) is 4.86. The van der Waals surface area contributed by atoms with Gasteiger partial charge in [-0.25, -0.2) is 9.59 Å². The summed E-state index contributed by atoms with van der Waals surface area (Å²) in [6.45, 7) is 0.659. The van der Waals surface area contributed by atoms with Crippen LogP contribution in [0.15, 0.2) is 72.4 Å². The van der Waals surface area contributed by atoms with Crippen molar-refractivity contribution in [3.8, 4) is 0 Å². The minimum Gasteiger partial charge on any atom is -0.466 e. The Morgan fingerprint density at radius 1 is 1.00 bits per heavy atom. The zero-order valence-electron chi connectivity index (χ0n) is 15.5. The van der Waals surface area contributed by atoms with E-state index in [1.807, 2.05) is 53.4 Å². The minimum absolute atomic E-state index is 0.0126. The van der Waals surface area contributed by atoms with Crippen molar-refractivity contribution in [2.24, 2.45) is 5.92 Å². The van der Waals surface area contributed by atoms with E-state index in [9.17, 15) is 9.59 Å². The topological polar surface area (TPSA) is 55.8 Å². The standard InChI is InChI=1S/C22H23NO4/c1-26-20(24)14-19(22(25)27-2)23-15-18(13-16-9-5-3-6-10-16)21(23)17-11-7-4-8-12-17/h3-12,14,18,21H,13,15H2,1-2H3/b19-14-/t18-,21-/m1/s1. The van der Waals surface area contributed by atoms with Crippen molar-refractivity contribution >= 4 is 11.9 Å². The number of benzene rings is 2. The van der Waals surface area contributed by atoms with E-state index in [0.29, 0.717) is 12.5 Å². The molecule has 5 heteroatoms. The Labute approximate surface area is 159 Å². The lowest BCUT2D eigenvalue weighted by atomic mass is 9.79. The highest BCUT2D eigenvalue weighted by atomic mass is 16.5. The first-order chi connectivity index (χ1) is 13.1. The van der Waals surface area contributed by atoms with Gasteiger partial charge in [0.25, 0.3) is 0 Å². The number of carbonyl (C=O) groups excluding carboxylic acids is 2. The zero-order chi connectivity index (χ0) is 19.2. The monoisotopic (exact) mass is 365 g/mol. The van der Waals surface area contributed by atoms with Crippen LogP contribution in [0.3, 0.4) is 0 Å². The molecular weight excluding hydrogens is 342 g/mol. The van der Waals surface area contributed by atoms with Crippen LogP contribution in [0.2, 0.25) is 0 Å². The molecule has 1 aliphatic heterocycles. The number of rotatable bonds is 6. The van der Waals surface area contributed by atoms with Crippen LogP contribution in [0.5, 0.6) is 0 Å². The molecule has 3 rings (SSSR count). The van der Waals surface area contributed by atoms with E-state index >= 15 is 0 Å². The summed E-state index contributed by atoms with van der Waals surface area (Å²) in [7, 11) is 2.60. The molecule has 1 saturated heterocycles. The average molecular weight is 365 g/mol. The quantitative estimate of drug-likeness (QED) is 0.581. The van der Waals surface area contributed by atoms with Gasteiger partial charge in [0.05, 0.1) is 26.3 Å². The predicted octanol–water partition coefficient (Wildman–Crippen LogP) is 3.13. The lowest BCUT2D eigenvalue weighted by molar-refractivity contribution is -0.142. The number of esters is 2. The molecule has 0 radical (unpaired) electrons. The predicted molar refractivity (Wildman–Crippen MR) is 102 cm³/mol. The van der Waals surface area contributed by atoms with Gasteiger partial charge in [0, 0.05) is 12.5 Å². The van der Waals surface area contributed by atoms with Crippen LogP contribution in [-0.4, -0.2) is 37.6 Å². The molecule has 0 N–H and O–H groups in total. The van der Waals surface area contributed by atoms with Gasteiger partial charge >= 0.3 is 11.9 Å². The van der Waals surface area contributed by atoms with Gasteiger partial charge in [-0.1, -0.05) is 60.7 Å². The summed E-state index contributed by atoms with van der Waals surface area (Å²) >= 11 is 0. The van der Waals surface area contributed by atoms with Crippen molar-refractivity contribution in [3.05, 3.63) is 83.6 Å². The first kappa shape index (κ1) is 18.7. The molecule has 0 aromatic heterocycles. The van der Waals surface area contributed by atoms with Crippen LogP contribution >= 0.6 is 0 Å². The van der Waals surface area contributed by atoms with Gasteiger partial charge in [0.1, 0.15) is 5.70 Å². The highest BCUT2D eigenvalue weighted by Gasteiger charge is 2.43. The molecular formula is C22H23NO4. The van der Waals surface area contributed by atoms with Gasteiger partial charge in [-0.2, -0.15) is 0 Å². The summed E-state index contributed by atoms with van der Waals surface area (Å²) in [6, 6.07) is 20.3. The largest absolute Gasteiger partial charge is 0.466 e. The van der Waals surface area contributed by atoms with E-state index in [4.69, 9.17) is 9.47 Å². The minimum atomic E-state index is -0.575. The maximum absolute atomic E-state index is 12.3. The molecule has 0 unspecified atom stereocenters. The molecule has 0 spiro atoms. The summed E-state index contributed by atoms with van der Waals surface area (Å²) in [6.07, 6.45) is 2.10. The summed E-state index contributed by atoms with van der Waals surface area (Å²) in [5.41, 5.74) is 2.58. The Kier molecular flexibility index (Phi) is 5.91. The van der Waals surface area contributed by atoms with Crippen LogP contribution in [-0.2, 0) is 25.5 Å². The van der Waals surface area contributed by atoms with E-state index in [1.165, 1.54) is 25.9 Å². The second-order valence-electron chi connectivity index (χ2n) is 6.50. The van der Waals surface area contributed by atoms with E-state index in [-0.39, 0.29) is 11.7 Å². The SMILES string of the molecule is COC(=O)/C=C(/C(=O)OC)N1C[C@@H](Cc2ccccc2)[C@H]1c1ccccc1. The van der Waals surface area contributed by atoms with Gasteiger partial charge in [-0.3, -0.25) is 0 Å². The van der Waals surface area contributed by atoms with Gasteiger partial charge in [0.15, 0.2) is 0 Å². The van der Waals surface area contributed by atoms with Crippen molar-refractivity contribution < 1.29 is 19.1 Å². The highest BCUT2D eigenvalue weighted by Crippen LogP contribution is 2.43. The normalized spacial score (nSPS) is 19.2. The molecule has 1 fully saturated rings. The zero-order valence-corrected chi connectivity index (χ0v) is 15.5. The number of ether oxygens (including phenoxy) is 2. The lowest BCUT2D eigenvalue weighted by Gasteiger charge is -2.50. The van der Waals surface area contributed by atoms with E-state index in [2.05, 4.69) is 12.1 Å². The second-order valence-corrected chi connectivity index (χ2v) is 6.50. The molecule has 1 aliphatic rings. The molecule has 27 heavy (non-hydrogen) atoms. The number of carbonyl (C=O) groups is 2. The van der Waals surface area contributed by atoms with Gasteiger partial charge in [-0.05, 0) is 17.5 Å². The molecule has 0 saturated carbocycles. The van der Waals surface area contributed by atoms with Crippen LogP contribution in [0.4, 0.5) is 0 Å². The van der Waals surface area contributed by atoms with Crippen molar-refractivity contribution in [3.63, 3.8) is 0 Å². The Morgan fingerprint density at radius 3 is 2.22 bits per heavy atom. The molecule has 0 bridgehead atoms. The molecule has 0 amide bonds. The molecule has 0 aliphatic carbocycles.